The van der Waals surface area contributed by atoms with Crippen LogP contribution in [0.15, 0.2) is 30.9 Å². The lowest BCUT2D eigenvalue weighted by Crippen LogP contribution is -2.44. The van der Waals surface area contributed by atoms with Gasteiger partial charge in [0.05, 0.1) is 6.33 Å². The summed E-state index contributed by atoms with van der Waals surface area (Å²) in [5, 5.41) is 0.241. The van der Waals surface area contributed by atoms with Gasteiger partial charge in [-0.3, -0.25) is 4.79 Å². The minimum atomic E-state index is -4.61. The summed E-state index contributed by atoms with van der Waals surface area (Å²) < 4.78 is 39.3. The molecular weight excluding hydrogens is 331 g/mol. The largest absolute Gasteiger partial charge is 0.434 e. The van der Waals surface area contributed by atoms with Crippen molar-refractivity contribution in [3.05, 3.63) is 41.6 Å². The first-order valence-corrected chi connectivity index (χ1v) is 7.18. The number of halogens is 3. The van der Waals surface area contributed by atoms with Gasteiger partial charge in [0.2, 0.25) is 0 Å². The topological polar surface area (TPSA) is 86.7 Å². The van der Waals surface area contributed by atoms with Crippen molar-refractivity contribution < 1.29 is 18.0 Å². The lowest BCUT2D eigenvalue weighted by atomic mass is 10.0. The summed E-state index contributed by atoms with van der Waals surface area (Å²) in [4.78, 5) is 24.3. The molecule has 1 atom stereocenters. The molecule has 0 aliphatic rings. The number of imidazole rings is 1. The molecule has 1 unspecified atom stereocenters. The summed E-state index contributed by atoms with van der Waals surface area (Å²) in [5.41, 5.74) is 3.29. The Morgan fingerprint density at radius 3 is 2.65 bits per heavy atom. The minimum Gasteiger partial charge on any atom is -0.367 e. The first kappa shape index (κ1) is 15.4. The summed E-state index contributed by atoms with van der Waals surface area (Å²) in [5.74, 6) is -0.845. The highest BCUT2D eigenvalue weighted by Crippen LogP contribution is 2.34. The molecule has 2 N–H and O–H groups in total. The number of nitrogens with two attached hydrogens (primary N) is 1. The van der Waals surface area contributed by atoms with Gasteiger partial charge >= 0.3 is 6.18 Å². The fourth-order valence-corrected chi connectivity index (χ4v) is 3.10. The third kappa shape index (κ3) is 2.44. The average Bonchev–Trinajstić information content (AvgIpc) is 3.12. The molecule has 3 rings (SSSR count). The van der Waals surface area contributed by atoms with E-state index in [-0.39, 0.29) is 5.01 Å². The number of fused-ring (bicyclic) bond motifs is 1. The zero-order valence-corrected chi connectivity index (χ0v) is 12.5. The number of hydrogen-bond acceptors (Lipinski definition) is 5. The summed E-state index contributed by atoms with van der Waals surface area (Å²) >= 11 is 1.09. The molecule has 10 heteroatoms. The van der Waals surface area contributed by atoms with Gasteiger partial charge in [-0.2, -0.15) is 13.2 Å². The Bertz CT molecular complexity index is 854. The number of alkyl halides is 3. The molecule has 120 valence electrons. The second-order valence-electron chi connectivity index (χ2n) is 4.95. The Balaban J connectivity index is 2.16. The van der Waals surface area contributed by atoms with Crippen LogP contribution in [0.1, 0.15) is 17.6 Å². The van der Waals surface area contributed by atoms with Gasteiger partial charge in [0.25, 0.3) is 5.91 Å². The molecule has 6 nitrogen and oxygen atoms in total. The summed E-state index contributed by atoms with van der Waals surface area (Å²) in [6.07, 6.45) is -1.39. The lowest BCUT2D eigenvalue weighted by Gasteiger charge is -2.25. The fraction of sp³-hybridized carbons (Fsp3) is 0.231. The van der Waals surface area contributed by atoms with Crippen LogP contribution in [0.25, 0.3) is 10.3 Å². The van der Waals surface area contributed by atoms with Gasteiger partial charge in [-0.1, -0.05) is 11.3 Å². The van der Waals surface area contributed by atoms with Crippen molar-refractivity contribution in [3.8, 4) is 0 Å². The maximum atomic E-state index is 12.7. The van der Waals surface area contributed by atoms with E-state index in [2.05, 4.69) is 15.0 Å². The first-order chi connectivity index (χ1) is 10.7. The number of hydrogen-bond donors (Lipinski definition) is 1. The van der Waals surface area contributed by atoms with Crippen molar-refractivity contribution in [2.75, 3.05) is 0 Å². The molecule has 3 heterocycles. The Hall–Kier alpha value is -2.49. The number of rotatable bonds is 3. The number of primary amides is 1. The number of thiazole rings is 1. The maximum absolute atomic E-state index is 12.7. The predicted octanol–water partition coefficient (Wildman–Crippen LogP) is 2.16. The van der Waals surface area contributed by atoms with Crippen LogP contribution >= 0.6 is 11.3 Å². The van der Waals surface area contributed by atoms with Crippen LogP contribution in [0.2, 0.25) is 0 Å². The monoisotopic (exact) mass is 341 g/mol. The van der Waals surface area contributed by atoms with Gasteiger partial charge in [-0.15, -0.1) is 0 Å². The number of carbonyl (C=O) groups excluding carboxylic acids is 1. The molecule has 0 bridgehead atoms. The van der Waals surface area contributed by atoms with E-state index in [4.69, 9.17) is 5.73 Å². The molecule has 0 saturated heterocycles. The predicted molar refractivity (Wildman–Crippen MR) is 76.6 cm³/mol. The Morgan fingerprint density at radius 2 is 2.09 bits per heavy atom. The van der Waals surface area contributed by atoms with E-state index < -0.39 is 23.3 Å². The first-order valence-electron chi connectivity index (χ1n) is 6.36. The Labute approximate surface area is 131 Å². The molecule has 1 amide bonds. The van der Waals surface area contributed by atoms with Gasteiger partial charge in [0, 0.05) is 12.4 Å². The molecule has 3 aromatic rings. The molecule has 0 fully saturated rings. The van der Waals surface area contributed by atoms with Crippen LogP contribution in [0.5, 0.6) is 0 Å². The van der Waals surface area contributed by atoms with E-state index in [0.29, 0.717) is 10.3 Å². The number of nitrogens with zero attached hydrogens (tertiary/aromatic N) is 4. The van der Waals surface area contributed by atoms with E-state index in [1.165, 1.54) is 6.92 Å². The van der Waals surface area contributed by atoms with Crippen LogP contribution in [0.3, 0.4) is 0 Å². The van der Waals surface area contributed by atoms with Crippen molar-refractivity contribution in [1.29, 1.82) is 0 Å². The van der Waals surface area contributed by atoms with Crippen molar-refractivity contribution in [3.63, 3.8) is 0 Å². The van der Waals surface area contributed by atoms with Crippen LogP contribution < -0.4 is 5.73 Å². The van der Waals surface area contributed by atoms with Crippen molar-refractivity contribution in [1.82, 2.24) is 19.5 Å². The third-order valence-electron chi connectivity index (χ3n) is 3.45. The molecule has 3 aromatic heterocycles. The van der Waals surface area contributed by atoms with Crippen LogP contribution in [0, 0.1) is 0 Å². The molecule has 0 spiro atoms. The van der Waals surface area contributed by atoms with Gasteiger partial charge in [-0.25, -0.2) is 15.0 Å². The smallest absolute Gasteiger partial charge is 0.367 e. The summed E-state index contributed by atoms with van der Waals surface area (Å²) in [6, 6.07) is 3.37. The maximum Gasteiger partial charge on any atom is 0.434 e. The van der Waals surface area contributed by atoms with Gasteiger partial charge in [0.1, 0.15) is 15.4 Å². The van der Waals surface area contributed by atoms with Crippen molar-refractivity contribution in [2.24, 2.45) is 5.73 Å². The van der Waals surface area contributed by atoms with E-state index in [1.54, 1.807) is 18.3 Å². The summed E-state index contributed by atoms with van der Waals surface area (Å²) in [7, 11) is 0. The molecular formula is C13H10F3N5OS. The number of carbonyl (C=O) groups is 1. The molecule has 0 aliphatic carbocycles. The highest BCUT2D eigenvalue weighted by Gasteiger charge is 2.41. The molecule has 0 aromatic carbocycles. The van der Waals surface area contributed by atoms with E-state index in [0.717, 1.165) is 28.4 Å². The van der Waals surface area contributed by atoms with Crippen molar-refractivity contribution >= 4 is 27.6 Å². The highest BCUT2D eigenvalue weighted by molar-refractivity contribution is 7.18. The number of pyridine rings is 1. The van der Waals surface area contributed by atoms with E-state index in [9.17, 15) is 18.0 Å². The molecule has 0 saturated carbocycles. The fourth-order valence-electron chi connectivity index (χ4n) is 2.03. The average molecular weight is 341 g/mol. The van der Waals surface area contributed by atoms with E-state index >= 15 is 0 Å². The third-order valence-corrected chi connectivity index (χ3v) is 4.64. The molecule has 0 radical (unpaired) electrons. The SMILES string of the molecule is CC(C(N)=O)(c1nc2cccnc2s1)n1cnc(C(F)(F)F)c1. The minimum absolute atomic E-state index is 0.241. The second-order valence-corrected chi connectivity index (χ2v) is 5.92. The Morgan fingerprint density at radius 1 is 1.35 bits per heavy atom. The second kappa shape index (κ2) is 5.01. The highest BCUT2D eigenvalue weighted by atomic mass is 32.1. The standard InChI is InChI=1S/C13H10F3N5OS/c1-12(10(17)22,21-5-8(19-6-21)13(14,15)16)11-20-7-3-2-4-18-9(7)23-11/h2-6H,1H3,(H2,17,22). The van der Waals surface area contributed by atoms with Gasteiger partial charge in [-0.05, 0) is 19.1 Å². The molecule has 23 heavy (non-hydrogen) atoms. The molecule has 0 aliphatic heterocycles. The van der Waals surface area contributed by atoms with Gasteiger partial charge < -0.3 is 10.3 Å². The summed E-state index contributed by atoms with van der Waals surface area (Å²) in [6.45, 7) is 1.40. The zero-order valence-electron chi connectivity index (χ0n) is 11.7. The number of amides is 1. The van der Waals surface area contributed by atoms with Gasteiger partial charge in [0.15, 0.2) is 11.2 Å². The van der Waals surface area contributed by atoms with Crippen LogP contribution in [-0.2, 0) is 16.5 Å². The van der Waals surface area contributed by atoms with Crippen LogP contribution in [-0.4, -0.2) is 25.4 Å². The Kier molecular flexibility index (Phi) is 3.36. The quantitative estimate of drug-likeness (QED) is 0.791. The zero-order chi connectivity index (χ0) is 16.8. The van der Waals surface area contributed by atoms with E-state index in [1.807, 2.05) is 0 Å². The number of aromatic nitrogens is 4. The normalized spacial score (nSPS) is 14.8. The lowest BCUT2D eigenvalue weighted by molar-refractivity contribution is -0.141. The van der Waals surface area contributed by atoms with Crippen LogP contribution in [0.4, 0.5) is 13.2 Å². The van der Waals surface area contributed by atoms with Crippen molar-refractivity contribution in [2.45, 2.75) is 18.6 Å².